The molecule has 3 rings (SSSR count). The number of aromatic hydroxyl groups is 1. The number of benzene rings is 1. The number of rotatable bonds is 1. The lowest BCUT2D eigenvalue weighted by atomic mass is 10.1. The molecular weight excluding hydrogens is 264 g/mol. The number of aliphatic imine (C=N–C) groups is 1. The van der Waals surface area contributed by atoms with E-state index in [2.05, 4.69) is 15.0 Å². The van der Waals surface area contributed by atoms with Gasteiger partial charge < -0.3 is 5.11 Å². The van der Waals surface area contributed by atoms with Crippen LogP contribution < -0.4 is 15.4 Å². The largest absolute Gasteiger partial charge is 0.493 e. The smallest absolute Gasteiger partial charge is 0.307 e. The summed E-state index contributed by atoms with van der Waals surface area (Å²) < 4.78 is 0. The number of hydrogen-bond donors (Lipinski definition) is 3. The second-order valence-corrected chi connectivity index (χ2v) is 4.89. The maximum Gasteiger partial charge on any atom is 0.307 e. The first-order valence-electron chi connectivity index (χ1n) is 5.36. The Hall–Kier alpha value is -2.54. The predicted molar refractivity (Wildman–Crippen MR) is 72.7 cm³/mol. The van der Waals surface area contributed by atoms with Gasteiger partial charge in [0.15, 0.2) is 5.84 Å². The van der Waals surface area contributed by atoms with Crippen LogP contribution in [0, 0.1) is 5.41 Å². The highest BCUT2D eigenvalue weighted by atomic mass is 32.1. The molecule has 2 aromatic rings. The quantitative estimate of drug-likeness (QED) is 0.678. The van der Waals surface area contributed by atoms with Gasteiger partial charge in [0.2, 0.25) is 5.88 Å². The molecule has 6 nitrogen and oxygen atoms in total. The lowest BCUT2D eigenvalue weighted by molar-refractivity contribution is 0.455. The standard InChI is InChI=1S/C12H8N4O2S/c13-10-7-3-6(1-2-8(7)14-5-15-10)4-9-11(17)16-12(18)19-9/h1-5,13,17H,(H,16,18). The Kier molecular flexibility index (Phi) is 2.60. The highest BCUT2D eigenvalue weighted by molar-refractivity contribution is 7.10. The minimum Gasteiger partial charge on any atom is -0.493 e. The molecule has 1 aromatic heterocycles. The van der Waals surface area contributed by atoms with Gasteiger partial charge in [-0.25, -0.2) is 9.98 Å². The number of nitrogens with one attached hydrogen (secondary N) is 2. The van der Waals surface area contributed by atoms with Crippen LogP contribution in [0.4, 0.5) is 0 Å². The van der Waals surface area contributed by atoms with Crippen molar-refractivity contribution in [2.45, 2.75) is 0 Å². The van der Waals surface area contributed by atoms with Gasteiger partial charge in [0.1, 0.15) is 6.34 Å². The van der Waals surface area contributed by atoms with Crippen molar-refractivity contribution < 1.29 is 5.11 Å². The molecule has 0 amide bonds. The van der Waals surface area contributed by atoms with Crippen molar-refractivity contribution >= 4 is 29.6 Å². The molecule has 1 aromatic carbocycles. The molecule has 0 aliphatic carbocycles. The Balaban J connectivity index is 2.19. The Morgan fingerprint density at radius 1 is 1.42 bits per heavy atom. The van der Waals surface area contributed by atoms with Crippen LogP contribution in [0.1, 0.15) is 10.4 Å². The first-order valence-corrected chi connectivity index (χ1v) is 6.18. The molecule has 0 radical (unpaired) electrons. The van der Waals surface area contributed by atoms with Gasteiger partial charge in [0.05, 0.1) is 10.2 Å². The number of amidine groups is 1. The lowest BCUT2D eigenvalue weighted by Gasteiger charge is -2.02. The number of aromatic nitrogens is 1. The first kappa shape index (κ1) is 11.5. The van der Waals surface area contributed by atoms with Crippen LogP contribution in [-0.2, 0) is 0 Å². The summed E-state index contributed by atoms with van der Waals surface area (Å²) in [6, 6.07) is 5.33. The lowest BCUT2D eigenvalue weighted by Crippen LogP contribution is -2.21. The summed E-state index contributed by atoms with van der Waals surface area (Å²) in [7, 11) is 0. The molecule has 0 spiro atoms. The third-order valence-electron chi connectivity index (χ3n) is 2.61. The average molecular weight is 272 g/mol. The Bertz CT molecular complexity index is 876. The van der Waals surface area contributed by atoms with E-state index in [0.717, 1.165) is 16.6 Å². The van der Waals surface area contributed by atoms with Gasteiger partial charge in [-0.1, -0.05) is 17.4 Å². The molecule has 1 aliphatic heterocycles. The summed E-state index contributed by atoms with van der Waals surface area (Å²) in [5, 5.41) is 18.7. The fourth-order valence-corrected chi connectivity index (χ4v) is 2.44. The number of thiazole rings is 1. The van der Waals surface area contributed by atoms with E-state index in [-0.39, 0.29) is 16.6 Å². The molecule has 94 valence electrons. The number of H-pyrrole nitrogens is 1. The van der Waals surface area contributed by atoms with Crippen LogP contribution in [-0.4, -0.2) is 22.3 Å². The number of fused-ring (bicyclic) bond motifs is 1. The van der Waals surface area contributed by atoms with E-state index in [0.29, 0.717) is 15.8 Å². The maximum atomic E-state index is 11.1. The molecule has 0 saturated carbocycles. The summed E-state index contributed by atoms with van der Waals surface area (Å²) in [4.78, 5) is 21.4. The van der Waals surface area contributed by atoms with Crippen LogP contribution in [0.25, 0.3) is 6.08 Å². The highest BCUT2D eigenvalue weighted by Crippen LogP contribution is 2.15. The fourth-order valence-electron chi connectivity index (χ4n) is 1.75. The zero-order valence-electron chi connectivity index (χ0n) is 9.54. The Morgan fingerprint density at radius 3 is 3.00 bits per heavy atom. The second-order valence-electron chi connectivity index (χ2n) is 3.87. The van der Waals surface area contributed by atoms with Crippen molar-refractivity contribution in [1.82, 2.24) is 4.98 Å². The summed E-state index contributed by atoms with van der Waals surface area (Å²) in [5.41, 5.74) is 0.624. The van der Waals surface area contributed by atoms with E-state index in [1.165, 1.54) is 6.34 Å². The van der Waals surface area contributed by atoms with Crippen LogP contribution in [0.2, 0.25) is 0 Å². The summed E-state index contributed by atoms with van der Waals surface area (Å²) >= 11 is 0.924. The van der Waals surface area contributed by atoms with Gasteiger partial charge >= 0.3 is 4.87 Å². The molecule has 0 atom stereocenters. The van der Waals surface area contributed by atoms with Crippen LogP contribution in [0.5, 0.6) is 5.88 Å². The van der Waals surface area contributed by atoms with E-state index < -0.39 is 0 Å². The Labute approximate surface area is 110 Å². The van der Waals surface area contributed by atoms with E-state index in [1.54, 1.807) is 24.3 Å². The molecule has 0 saturated heterocycles. The van der Waals surface area contributed by atoms with Crippen LogP contribution in [0.15, 0.2) is 33.0 Å². The van der Waals surface area contributed by atoms with Crippen molar-refractivity contribution in [2.75, 3.05) is 0 Å². The summed E-state index contributed by atoms with van der Waals surface area (Å²) in [5.74, 6) is -0.00256. The molecule has 2 heterocycles. The van der Waals surface area contributed by atoms with E-state index in [1.807, 2.05) is 0 Å². The van der Waals surface area contributed by atoms with E-state index in [9.17, 15) is 9.90 Å². The zero-order valence-corrected chi connectivity index (χ0v) is 10.4. The average Bonchev–Trinajstić information content (AvgIpc) is 2.69. The highest BCUT2D eigenvalue weighted by Gasteiger charge is 2.07. The minimum atomic E-state index is -0.311. The summed E-state index contributed by atoms with van der Waals surface area (Å²) in [6.07, 6.45) is 3.02. The van der Waals surface area contributed by atoms with Crippen molar-refractivity contribution in [3.63, 3.8) is 0 Å². The number of aromatic amines is 1. The fraction of sp³-hybridized carbons (Fsp3) is 0. The van der Waals surface area contributed by atoms with Crippen molar-refractivity contribution in [3.8, 4) is 5.88 Å². The van der Waals surface area contributed by atoms with Crippen LogP contribution >= 0.6 is 11.3 Å². The normalized spacial score (nSPS) is 14.3. The molecule has 0 fully saturated rings. The van der Waals surface area contributed by atoms with Gasteiger partial charge in [-0.2, -0.15) is 0 Å². The maximum absolute atomic E-state index is 11.1. The van der Waals surface area contributed by atoms with E-state index in [4.69, 9.17) is 5.41 Å². The molecule has 19 heavy (non-hydrogen) atoms. The molecule has 1 aliphatic rings. The summed E-state index contributed by atoms with van der Waals surface area (Å²) in [6.45, 7) is 0. The monoisotopic (exact) mass is 272 g/mol. The minimum absolute atomic E-state index is 0.145. The second kappa shape index (κ2) is 4.29. The SMILES string of the molecule is N=C1N=CN=c2ccc(=Cc3sc(=O)[nH]c3O)cc21. The van der Waals surface area contributed by atoms with Gasteiger partial charge in [0.25, 0.3) is 0 Å². The molecule has 0 unspecified atom stereocenters. The van der Waals surface area contributed by atoms with Gasteiger partial charge in [-0.15, -0.1) is 0 Å². The van der Waals surface area contributed by atoms with Crippen molar-refractivity contribution in [1.29, 1.82) is 5.41 Å². The topological polar surface area (TPSA) is 102 Å². The van der Waals surface area contributed by atoms with Gasteiger partial charge in [0, 0.05) is 5.56 Å². The number of hydrogen-bond acceptors (Lipinski definition) is 5. The van der Waals surface area contributed by atoms with Crippen LogP contribution in [0.3, 0.4) is 0 Å². The zero-order chi connectivity index (χ0) is 13.4. The van der Waals surface area contributed by atoms with Gasteiger partial charge in [-0.05, 0) is 23.4 Å². The third-order valence-corrected chi connectivity index (χ3v) is 3.43. The molecular formula is C12H8N4O2S. The predicted octanol–water partition coefficient (Wildman–Crippen LogP) is -0.0423. The molecule has 7 heteroatoms. The van der Waals surface area contributed by atoms with E-state index >= 15 is 0 Å². The van der Waals surface area contributed by atoms with Gasteiger partial charge in [-0.3, -0.25) is 15.2 Å². The molecule has 0 bridgehead atoms. The third kappa shape index (κ3) is 2.11. The Morgan fingerprint density at radius 2 is 2.26 bits per heavy atom. The van der Waals surface area contributed by atoms with Crippen molar-refractivity contribution in [2.24, 2.45) is 9.98 Å². The van der Waals surface area contributed by atoms with Crippen molar-refractivity contribution in [3.05, 3.63) is 48.9 Å². The number of nitrogens with zero attached hydrogens (tertiary/aromatic N) is 2. The molecule has 3 N–H and O–H groups in total. The first-order chi connectivity index (χ1) is 9.13.